The highest BCUT2D eigenvalue weighted by atomic mass is 16.5. The first-order valence-electron chi connectivity index (χ1n) is 9.17. The summed E-state index contributed by atoms with van der Waals surface area (Å²) >= 11 is 0. The minimum absolute atomic E-state index is 0.00998. The van der Waals surface area contributed by atoms with Crippen molar-refractivity contribution in [3.8, 4) is 5.75 Å². The van der Waals surface area contributed by atoms with Gasteiger partial charge in [0.1, 0.15) is 11.8 Å². The van der Waals surface area contributed by atoms with Crippen molar-refractivity contribution in [3.63, 3.8) is 0 Å². The molecule has 0 spiro atoms. The Morgan fingerprint density at radius 2 is 1.76 bits per heavy atom. The standard InChI is InChI=1S/C20H30N2O3/c1-13(2)18(22-19(23)17-8-6-5-7-14(17)3)20(24)21-15-9-11-16(25-4)12-10-15/h9-14,17-18H,5-8H2,1-4H3,(H,21,24)(H,22,23). The second-order valence-corrected chi connectivity index (χ2v) is 7.32. The number of hydrogen-bond donors (Lipinski definition) is 2. The van der Waals surface area contributed by atoms with E-state index in [1.165, 1.54) is 6.42 Å². The minimum atomic E-state index is -0.538. The first-order chi connectivity index (χ1) is 11.9. The minimum Gasteiger partial charge on any atom is -0.497 e. The summed E-state index contributed by atoms with van der Waals surface area (Å²) in [6.45, 7) is 6.02. The summed E-state index contributed by atoms with van der Waals surface area (Å²) in [5, 5.41) is 5.87. The number of amides is 2. The van der Waals surface area contributed by atoms with Crippen molar-refractivity contribution in [3.05, 3.63) is 24.3 Å². The molecule has 2 N–H and O–H groups in total. The average molecular weight is 346 g/mol. The Balaban J connectivity index is 2.00. The Labute approximate surface area is 150 Å². The van der Waals surface area contributed by atoms with Crippen molar-refractivity contribution in [1.82, 2.24) is 5.32 Å². The summed E-state index contributed by atoms with van der Waals surface area (Å²) in [4.78, 5) is 25.3. The molecule has 25 heavy (non-hydrogen) atoms. The number of benzene rings is 1. The largest absolute Gasteiger partial charge is 0.497 e. The number of rotatable bonds is 6. The van der Waals surface area contributed by atoms with E-state index in [4.69, 9.17) is 4.74 Å². The Hall–Kier alpha value is -2.04. The number of carbonyl (C=O) groups is 2. The fourth-order valence-corrected chi connectivity index (χ4v) is 3.40. The van der Waals surface area contributed by atoms with Gasteiger partial charge in [0, 0.05) is 11.6 Å². The fraction of sp³-hybridized carbons (Fsp3) is 0.600. The van der Waals surface area contributed by atoms with Gasteiger partial charge in [-0.25, -0.2) is 0 Å². The van der Waals surface area contributed by atoms with Gasteiger partial charge in [0.25, 0.3) is 0 Å². The number of carbonyl (C=O) groups excluding carboxylic acids is 2. The molecule has 0 saturated heterocycles. The number of hydrogen-bond acceptors (Lipinski definition) is 3. The van der Waals surface area contributed by atoms with E-state index < -0.39 is 6.04 Å². The number of methoxy groups -OCH3 is 1. The van der Waals surface area contributed by atoms with Gasteiger partial charge in [-0.15, -0.1) is 0 Å². The third-order valence-electron chi connectivity index (χ3n) is 5.05. The molecule has 0 aromatic heterocycles. The lowest BCUT2D eigenvalue weighted by molar-refractivity contribution is -0.132. The molecule has 1 aliphatic rings. The van der Waals surface area contributed by atoms with Gasteiger partial charge in [-0.2, -0.15) is 0 Å². The van der Waals surface area contributed by atoms with Crippen molar-refractivity contribution in [1.29, 1.82) is 0 Å². The maximum absolute atomic E-state index is 12.7. The molecule has 3 atom stereocenters. The first-order valence-corrected chi connectivity index (χ1v) is 9.17. The van der Waals surface area contributed by atoms with E-state index in [0.717, 1.165) is 25.0 Å². The van der Waals surface area contributed by atoms with Crippen LogP contribution in [0.15, 0.2) is 24.3 Å². The summed E-state index contributed by atoms with van der Waals surface area (Å²) in [5.74, 6) is 0.974. The van der Waals surface area contributed by atoms with Crippen LogP contribution in [0.4, 0.5) is 5.69 Å². The van der Waals surface area contributed by atoms with Crippen LogP contribution in [0.2, 0.25) is 0 Å². The van der Waals surface area contributed by atoms with Crippen LogP contribution in [0.3, 0.4) is 0 Å². The zero-order valence-corrected chi connectivity index (χ0v) is 15.7. The Bertz CT molecular complexity index is 583. The van der Waals surface area contributed by atoms with E-state index in [2.05, 4.69) is 17.6 Å². The van der Waals surface area contributed by atoms with Crippen LogP contribution in [-0.4, -0.2) is 25.0 Å². The Kier molecular flexibility index (Phi) is 6.85. The van der Waals surface area contributed by atoms with E-state index in [1.54, 1.807) is 31.4 Å². The van der Waals surface area contributed by atoms with Crippen LogP contribution in [0.1, 0.15) is 46.5 Å². The van der Waals surface area contributed by atoms with Gasteiger partial charge >= 0.3 is 0 Å². The topological polar surface area (TPSA) is 67.4 Å². The first kappa shape index (κ1) is 19.3. The molecule has 5 heteroatoms. The maximum atomic E-state index is 12.7. The lowest BCUT2D eigenvalue weighted by atomic mass is 9.79. The molecule has 1 saturated carbocycles. The van der Waals surface area contributed by atoms with Gasteiger partial charge in [0.2, 0.25) is 11.8 Å². The molecule has 1 aromatic carbocycles. The molecular weight excluding hydrogens is 316 g/mol. The molecule has 3 unspecified atom stereocenters. The molecule has 138 valence electrons. The predicted molar refractivity (Wildman–Crippen MR) is 99.5 cm³/mol. The highest BCUT2D eigenvalue weighted by Crippen LogP contribution is 2.30. The fourth-order valence-electron chi connectivity index (χ4n) is 3.40. The van der Waals surface area contributed by atoms with Crippen LogP contribution in [-0.2, 0) is 9.59 Å². The second kappa shape index (κ2) is 8.88. The van der Waals surface area contributed by atoms with Gasteiger partial charge in [0.05, 0.1) is 7.11 Å². The van der Waals surface area contributed by atoms with Gasteiger partial charge in [-0.1, -0.05) is 33.6 Å². The SMILES string of the molecule is COc1ccc(NC(=O)C(NC(=O)C2CCCCC2C)C(C)C)cc1. The van der Waals surface area contributed by atoms with E-state index >= 15 is 0 Å². The van der Waals surface area contributed by atoms with Crippen molar-refractivity contribution in [2.24, 2.45) is 17.8 Å². The summed E-state index contributed by atoms with van der Waals surface area (Å²) in [6.07, 6.45) is 4.28. The van der Waals surface area contributed by atoms with Crippen LogP contribution < -0.4 is 15.4 Å². The smallest absolute Gasteiger partial charge is 0.247 e. The van der Waals surface area contributed by atoms with E-state index in [-0.39, 0.29) is 23.7 Å². The molecule has 5 nitrogen and oxygen atoms in total. The van der Waals surface area contributed by atoms with Gasteiger partial charge in [-0.05, 0) is 48.9 Å². The molecule has 1 aliphatic carbocycles. The lowest BCUT2D eigenvalue weighted by Crippen LogP contribution is -2.50. The summed E-state index contributed by atoms with van der Waals surface area (Å²) in [5.41, 5.74) is 0.691. The molecule has 0 radical (unpaired) electrons. The predicted octanol–water partition coefficient (Wildman–Crippen LogP) is 3.60. The third-order valence-corrected chi connectivity index (χ3v) is 5.05. The van der Waals surface area contributed by atoms with E-state index in [1.807, 2.05) is 13.8 Å². The number of anilines is 1. The lowest BCUT2D eigenvalue weighted by Gasteiger charge is -2.30. The average Bonchev–Trinajstić information content (AvgIpc) is 2.60. The molecule has 0 heterocycles. The van der Waals surface area contributed by atoms with Crippen molar-refractivity contribution in [2.45, 2.75) is 52.5 Å². The molecule has 1 aromatic rings. The zero-order valence-electron chi connectivity index (χ0n) is 15.7. The third kappa shape index (κ3) is 5.21. The normalized spacial score (nSPS) is 21.5. The van der Waals surface area contributed by atoms with Crippen LogP contribution >= 0.6 is 0 Å². The summed E-state index contributed by atoms with van der Waals surface area (Å²) in [6, 6.07) is 6.63. The molecule has 0 aliphatic heterocycles. The van der Waals surface area contributed by atoms with Crippen LogP contribution in [0, 0.1) is 17.8 Å². The molecular formula is C20H30N2O3. The zero-order chi connectivity index (χ0) is 18.4. The summed E-state index contributed by atoms with van der Waals surface area (Å²) in [7, 11) is 1.60. The van der Waals surface area contributed by atoms with E-state index in [0.29, 0.717) is 11.6 Å². The van der Waals surface area contributed by atoms with Crippen molar-refractivity contribution in [2.75, 3.05) is 12.4 Å². The molecule has 0 bridgehead atoms. The Morgan fingerprint density at radius 1 is 1.12 bits per heavy atom. The molecule has 2 rings (SSSR count). The van der Waals surface area contributed by atoms with Crippen LogP contribution in [0.25, 0.3) is 0 Å². The van der Waals surface area contributed by atoms with Crippen LogP contribution in [0.5, 0.6) is 5.75 Å². The molecule has 2 amide bonds. The van der Waals surface area contributed by atoms with E-state index in [9.17, 15) is 9.59 Å². The van der Waals surface area contributed by atoms with Gasteiger partial charge in [0.15, 0.2) is 0 Å². The quantitative estimate of drug-likeness (QED) is 0.827. The molecule has 1 fully saturated rings. The van der Waals surface area contributed by atoms with Gasteiger partial charge in [-0.3, -0.25) is 9.59 Å². The Morgan fingerprint density at radius 3 is 2.32 bits per heavy atom. The second-order valence-electron chi connectivity index (χ2n) is 7.32. The van der Waals surface area contributed by atoms with Crippen molar-refractivity contribution >= 4 is 17.5 Å². The van der Waals surface area contributed by atoms with Gasteiger partial charge < -0.3 is 15.4 Å². The summed E-state index contributed by atoms with van der Waals surface area (Å²) < 4.78 is 5.12. The number of nitrogens with one attached hydrogen (secondary N) is 2. The maximum Gasteiger partial charge on any atom is 0.247 e. The highest BCUT2D eigenvalue weighted by Gasteiger charge is 2.31. The monoisotopic (exact) mass is 346 g/mol. The highest BCUT2D eigenvalue weighted by molar-refractivity contribution is 5.97. The van der Waals surface area contributed by atoms with Crippen molar-refractivity contribution < 1.29 is 14.3 Å². The number of ether oxygens (including phenoxy) is 1.